The zero-order valence-electron chi connectivity index (χ0n) is 14.3. The predicted molar refractivity (Wildman–Crippen MR) is 97.2 cm³/mol. The molecule has 132 valence electrons. The van der Waals surface area contributed by atoms with Gasteiger partial charge in [0.25, 0.3) is 11.8 Å². The van der Waals surface area contributed by atoms with Crippen molar-refractivity contribution in [3.05, 3.63) is 34.2 Å². The number of likely N-dealkylation sites (tertiary alicyclic amines) is 1. The average Bonchev–Trinajstić information content (AvgIpc) is 3.15. The van der Waals surface area contributed by atoms with Crippen LogP contribution in [0.3, 0.4) is 0 Å². The minimum Gasteiger partial charge on any atom is -0.390 e. The molecule has 0 unspecified atom stereocenters. The maximum absolute atomic E-state index is 12.9. The number of nitrogens with one attached hydrogen (secondary N) is 1. The van der Waals surface area contributed by atoms with E-state index in [-0.39, 0.29) is 17.9 Å². The molecule has 1 fully saturated rings. The highest BCUT2D eigenvalue weighted by Gasteiger charge is 2.35. The van der Waals surface area contributed by atoms with Gasteiger partial charge in [-0.05, 0) is 49.7 Å². The maximum atomic E-state index is 12.9. The van der Waals surface area contributed by atoms with E-state index in [9.17, 15) is 14.7 Å². The van der Waals surface area contributed by atoms with Crippen molar-refractivity contribution < 1.29 is 14.7 Å². The average molecular weight is 359 g/mol. The van der Waals surface area contributed by atoms with Gasteiger partial charge in [0.05, 0.1) is 17.0 Å². The Kier molecular flexibility index (Phi) is 4.02. The van der Waals surface area contributed by atoms with E-state index in [0.717, 1.165) is 26.9 Å². The Labute approximate surface area is 150 Å². The first-order chi connectivity index (χ1) is 12.0. The minimum absolute atomic E-state index is 0.0215. The first-order valence-electron chi connectivity index (χ1n) is 8.43. The van der Waals surface area contributed by atoms with Crippen molar-refractivity contribution in [2.24, 2.45) is 0 Å². The summed E-state index contributed by atoms with van der Waals surface area (Å²) in [4.78, 5) is 29.3. The molecule has 0 aliphatic carbocycles. The summed E-state index contributed by atoms with van der Waals surface area (Å²) < 4.78 is 1.03. The highest BCUT2D eigenvalue weighted by molar-refractivity contribution is 7.21. The quantitative estimate of drug-likeness (QED) is 0.837. The van der Waals surface area contributed by atoms with Gasteiger partial charge >= 0.3 is 0 Å². The Morgan fingerprint density at radius 1 is 1.36 bits per heavy atom. The molecule has 2 aliphatic heterocycles. The fourth-order valence-corrected chi connectivity index (χ4v) is 4.87. The Morgan fingerprint density at radius 3 is 2.88 bits per heavy atom. The van der Waals surface area contributed by atoms with Gasteiger partial charge in [-0.2, -0.15) is 0 Å². The van der Waals surface area contributed by atoms with E-state index in [4.69, 9.17) is 0 Å². The van der Waals surface area contributed by atoms with Crippen LogP contribution < -0.4 is 5.32 Å². The second-order valence-electron chi connectivity index (χ2n) is 6.94. The number of benzene rings is 1. The molecule has 1 aromatic carbocycles. The van der Waals surface area contributed by atoms with Crippen molar-refractivity contribution in [3.8, 4) is 0 Å². The number of hydrogen-bond donors (Lipinski definition) is 2. The Balaban J connectivity index is 1.66. The first kappa shape index (κ1) is 16.5. The molecule has 25 heavy (non-hydrogen) atoms. The molecule has 2 aromatic rings. The summed E-state index contributed by atoms with van der Waals surface area (Å²) in [6.07, 6.45) is 0.268. The van der Waals surface area contributed by atoms with E-state index in [1.165, 1.54) is 11.3 Å². The summed E-state index contributed by atoms with van der Waals surface area (Å²) in [5, 5.41) is 14.0. The summed E-state index contributed by atoms with van der Waals surface area (Å²) in [6, 6.07) is 5.61. The smallest absolute Gasteiger partial charge is 0.261 e. The fourth-order valence-electron chi connectivity index (χ4n) is 3.72. The van der Waals surface area contributed by atoms with Crippen LogP contribution in [-0.2, 0) is 6.42 Å². The highest BCUT2D eigenvalue weighted by Crippen LogP contribution is 2.34. The van der Waals surface area contributed by atoms with Crippen LogP contribution in [0.2, 0.25) is 0 Å². The molecule has 3 heterocycles. The molecule has 0 radical (unpaired) electrons. The van der Waals surface area contributed by atoms with Crippen molar-refractivity contribution in [1.82, 2.24) is 15.1 Å². The van der Waals surface area contributed by atoms with Crippen LogP contribution in [0.5, 0.6) is 0 Å². The SMILES string of the molecule is CN(C)[C@@H]1CN(C(=O)c2ccc3sc4c(c3c2)CCNC4=O)C[C@H]1O. The van der Waals surface area contributed by atoms with Gasteiger partial charge in [0.1, 0.15) is 0 Å². The molecule has 2 N–H and O–H groups in total. The van der Waals surface area contributed by atoms with Crippen LogP contribution in [0.4, 0.5) is 0 Å². The summed E-state index contributed by atoms with van der Waals surface area (Å²) in [7, 11) is 3.83. The number of aliphatic hydroxyl groups excluding tert-OH is 1. The third-order valence-electron chi connectivity index (χ3n) is 5.11. The fraction of sp³-hybridized carbons (Fsp3) is 0.444. The lowest BCUT2D eigenvalue weighted by Gasteiger charge is -2.21. The lowest BCUT2D eigenvalue weighted by atomic mass is 10.0. The van der Waals surface area contributed by atoms with Crippen LogP contribution in [0.25, 0.3) is 10.1 Å². The van der Waals surface area contributed by atoms with Crippen molar-refractivity contribution in [1.29, 1.82) is 0 Å². The Bertz CT molecular complexity index is 861. The number of carbonyl (C=O) groups is 2. The lowest BCUT2D eigenvalue weighted by molar-refractivity contribution is 0.0764. The molecule has 7 heteroatoms. The molecule has 0 saturated carbocycles. The van der Waals surface area contributed by atoms with Gasteiger partial charge in [-0.25, -0.2) is 0 Å². The lowest BCUT2D eigenvalue weighted by Crippen LogP contribution is -2.38. The topological polar surface area (TPSA) is 72.9 Å². The molecule has 0 bridgehead atoms. The number of likely N-dealkylation sites (N-methyl/N-ethyl adjacent to an activating group) is 1. The number of rotatable bonds is 2. The first-order valence-corrected chi connectivity index (χ1v) is 9.24. The number of thiophene rings is 1. The third kappa shape index (κ3) is 2.72. The predicted octanol–water partition coefficient (Wildman–Crippen LogP) is 0.934. The molecule has 2 atom stereocenters. The molecule has 6 nitrogen and oxygen atoms in total. The number of carbonyl (C=O) groups excluding carboxylic acids is 2. The van der Waals surface area contributed by atoms with Crippen LogP contribution in [0.15, 0.2) is 18.2 Å². The van der Waals surface area contributed by atoms with Gasteiger partial charge < -0.3 is 20.2 Å². The normalized spacial score (nSPS) is 23.2. The van der Waals surface area contributed by atoms with E-state index in [2.05, 4.69) is 5.32 Å². The van der Waals surface area contributed by atoms with Crippen LogP contribution in [0, 0.1) is 0 Å². The summed E-state index contributed by atoms with van der Waals surface area (Å²) in [6.45, 7) is 1.51. The standard InChI is InChI=1S/C18H21N3O3S/c1-20(2)13-8-21(9-14(13)22)18(24)10-3-4-15-12(7-10)11-5-6-19-17(23)16(11)25-15/h3-4,7,13-14,22H,5-6,8-9H2,1-2H3,(H,19,23)/t13-,14-/m1/s1. The second kappa shape index (κ2) is 6.09. The molecule has 2 amide bonds. The molecular weight excluding hydrogens is 338 g/mol. The Hall–Kier alpha value is -1.96. The zero-order chi connectivity index (χ0) is 17.7. The summed E-state index contributed by atoms with van der Waals surface area (Å²) >= 11 is 1.48. The van der Waals surface area contributed by atoms with Crippen molar-refractivity contribution in [2.75, 3.05) is 33.7 Å². The van der Waals surface area contributed by atoms with E-state index in [0.29, 0.717) is 25.2 Å². The molecule has 4 rings (SSSR count). The molecule has 1 saturated heterocycles. The number of β-amino-alcohol motifs (C(OH)–C–C–N with tert-alkyl or cyclic N) is 1. The molecule has 0 spiro atoms. The molecule has 1 aromatic heterocycles. The number of aliphatic hydroxyl groups is 1. The van der Waals surface area contributed by atoms with Gasteiger partial charge in [0.15, 0.2) is 0 Å². The third-order valence-corrected chi connectivity index (χ3v) is 6.33. The van der Waals surface area contributed by atoms with Gasteiger partial charge in [-0.1, -0.05) is 0 Å². The summed E-state index contributed by atoms with van der Waals surface area (Å²) in [5.74, 6) is -0.0858. The number of nitrogens with zero attached hydrogens (tertiary/aromatic N) is 2. The van der Waals surface area contributed by atoms with E-state index in [1.54, 1.807) is 4.90 Å². The van der Waals surface area contributed by atoms with E-state index in [1.807, 2.05) is 37.2 Å². The largest absolute Gasteiger partial charge is 0.390 e. The van der Waals surface area contributed by atoms with Gasteiger partial charge in [-0.15, -0.1) is 11.3 Å². The number of hydrogen-bond acceptors (Lipinski definition) is 5. The van der Waals surface area contributed by atoms with Crippen molar-refractivity contribution in [2.45, 2.75) is 18.6 Å². The number of fused-ring (bicyclic) bond motifs is 3. The van der Waals surface area contributed by atoms with Crippen LogP contribution in [-0.4, -0.2) is 72.6 Å². The van der Waals surface area contributed by atoms with E-state index < -0.39 is 6.10 Å². The summed E-state index contributed by atoms with van der Waals surface area (Å²) in [5.41, 5.74) is 1.66. The van der Waals surface area contributed by atoms with Crippen molar-refractivity contribution in [3.63, 3.8) is 0 Å². The molecular formula is C18H21N3O3S. The maximum Gasteiger partial charge on any atom is 0.261 e. The monoisotopic (exact) mass is 359 g/mol. The van der Waals surface area contributed by atoms with Gasteiger partial charge in [0.2, 0.25) is 0 Å². The Morgan fingerprint density at radius 2 is 2.16 bits per heavy atom. The zero-order valence-corrected chi connectivity index (χ0v) is 15.1. The van der Waals surface area contributed by atoms with E-state index >= 15 is 0 Å². The van der Waals surface area contributed by atoms with Crippen LogP contribution in [0.1, 0.15) is 25.6 Å². The van der Waals surface area contributed by atoms with Crippen LogP contribution >= 0.6 is 11.3 Å². The van der Waals surface area contributed by atoms with Gasteiger partial charge in [0, 0.05) is 29.9 Å². The minimum atomic E-state index is -0.528. The highest BCUT2D eigenvalue weighted by atomic mass is 32.1. The van der Waals surface area contributed by atoms with Crippen molar-refractivity contribution >= 4 is 33.2 Å². The molecule has 2 aliphatic rings. The van der Waals surface area contributed by atoms with Gasteiger partial charge in [-0.3, -0.25) is 9.59 Å². The second-order valence-corrected chi connectivity index (χ2v) is 7.99. The number of amides is 2.